The maximum absolute atomic E-state index is 13.0. The Morgan fingerprint density at radius 3 is 2.69 bits per heavy atom. The summed E-state index contributed by atoms with van der Waals surface area (Å²) in [5.41, 5.74) is 4.68. The lowest BCUT2D eigenvalue weighted by atomic mass is 10.0. The number of aryl methyl sites for hydroxylation is 1. The lowest BCUT2D eigenvalue weighted by molar-refractivity contribution is 0.0952. The number of hydrogen-bond donors (Lipinski definition) is 2. The number of rotatable bonds is 7. The van der Waals surface area contributed by atoms with Crippen LogP contribution in [0.3, 0.4) is 0 Å². The highest BCUT2D eigenvalue weighted by atomic mass is 16.1. The molecule has 2 aromatic carbocycles. The van der Waals surface area contributed by atoms with Crippen molar-refractivity contribution >= 4 is 5.91 Å². The number of nitrogens with one attached hydrogen (secondary N) is 2. The highest BCUT2D eigenvalue weighted by Crippen LogP contribution is 2.23. The Labute approximate surface area is 172 Å². The molecule has 1 fully saturated rings. The molecule has 2 N–H and O–H groups in total. The number of nitrogens with zero attached hydrogens (tertiary/aromatic N) is 2. The molecule has 0 spiro atoms. The zero-order valence-electron chi connectivity index (χ0n) is 16.9. The number of amides is 1. The van der Waals surface area contributed by atoms with E-state index >= 15 is 0 Å². The van der Waals surface area contributed by atoms with Gasteiger partial charge in [0.15, 0.2) is 0 Å². The minimum absolute atomic E-state index is 0.0501. The highest BCUT2D eigenvalue weighted by Gasteiger charge is 2.19. The van der Waals surface area contributed by atoms with E-state index in [9.17, 15) is 4.79 Å². The summed E-state index contributed by atoms with van der Waals surface area (Å²) in [6.45, 7) is 5.54. The fraction of sp³-hybridized carbons (Fsp3) is 0.333. The van der Waals surface area contributed by atoms with Crippen LogP contribution in [0, 0.1) is 12.8 Å². The molecular formula is C24H28N4O. The maximum atomic E-state index is 13.0. The van der Waals surface area contributed by atoms with Crippen LogP contribution in [-0.2, 0) is 6.54 Å². The zero-order chi connectivity index (χ0) is 20.1. The summed E-state index contributed by atoms with van der Waals surface area (Å²) in [5.74, 6) is 0.610. The zero-order valence-corrected chi connectivity index (χ0v) is 16.9. The molecule has 1 aromatic heterocycles. The second-order valence-corrected chi connectivity index (χ2v) is 7.84. The van der Waals surface area contributed by atoms with Gasteiger partial charge in [0.2, 0.25) is 0 Å². The van der Waals surface area contributed by atoms with Crippen molar-refractivity contribution in [3.63, 3.8) is 0 Å². The predicted molar refractivity (Wildman–Crippen MR) is 116 cm³/mol. The van der Waals surface area contributed by atoms with Crippen molar-refractivity contribution in [3.8, 4) is 11.3 Å². The van der Waals surface area contributed by atoms with E-state index in [1.807, 2.05) is 41.2 Å². The van der Waals surface area contributed by atoms with Crippen molar-refractivity contribution in [1.29, 1.82) is 0 Å². The number of aromatic nitrogens is 2. The van der Waals surface area contributed by atoms with Crippen LogP contribution >= 0.6 is 0 Å². The molecule has 1 aliphatic heterocycles. The summed E-state index contributed by atoms with van der Waals surface area (Å²) in [5, 5.41) is 11.2. The summed E-state index contributed by atoms with van der Waals surface area (Å²) in [4.78, 5) is 13.0. The summed E-state index contributed by atoms with van der Waals surface area (Å²) in [6.07, 6.45) is 4.07. The molecule has 0 saturated carbocycles. The average molecular weight is 389 g/mol. The molecule has 1 aliphatic rings. The van der Waals surface area contributed by atoms with E-state index in [0.29, 0.717) is 24.6 Å². The van der Waals surface area contributed by atoms with Gasteiger partial charge in [-0.3, -0.25) is 9.48 Å². The topological polar surface area (TPSA) is 59.0 Å². The van der Waals surface area contributed by atoms with Gasteiger partial charge >= 0.3 is 0 Å². The third-order valence-electron chi connectivity index (χ3n) is 5.52. The molecule has 150 valence electrons. The number of benzene rings is 2. The molecule has 1 unspecified atom stereocenters. The van der Waals surface area contributed by atoms with Crippen molar-refractivity contribution in [2.24, 2.45) is 5.92 Å². The third kappa shape index (κ3) is 4.93. The molecule has 5 heteroatoms. The largest absolute Gasteiger partial charge is 0.352 e. The second-order valence-electron chi connectivity index (χ2n) is 7.84. The van der Waals surface area contributed by atoms with E-state index in [1.54, 1.807) is 0 Å². The maximum Gasteiger partial charge on any atom is 0.255 e. The van der Waals surface area contributed by atoms with Gasteiger partial charge < -0.3 is 10.6 Å². The Hall–Kier alpha value is -2.92. The predicted octanol–water partition coefficient (Wildman–Crippen LogP) is 3.64. The first kappa shape index (κ1) is 19.4. The molecule has 1 saturated heterocycles. The van der Waals surface area contributed by atoms with Crippen molar-refractivity contribution < 1.29 is 4.79 Å². The third-order valence-corrected chi connectivity index (χ3v) is 5.52. The van der Waals surface area contributed by atoms with E-state index in [2.05, 4.69) is 41.8 Å². The molecule has 2 heterocycles. The second kappa shape index (κ2) is 9.05. The molecule has 29 heavy (non-hydrogen) atoms. The average Bonchev–Trinajstić information content (AvgIpc) is 3.39. The van der Waals surface area contributed by atoms with Crippen LogP contribution in [0.2, 0.25) is 0 Å². The Morgan fingerprint density at radius 2 is 1.97 bits per heavy atom. The van der Waals surface area contributed by atoms with E-state index in [-0.39, 0.29) is 5.91 Å². The van der Waals surface area contributed by atoms with Gasteiger partial charge in [0.05, 0.1) is 12.1 Å². The van der Waals surface area contributed by atoms with Crippen LogP contribution in [0.15, 0.2) is 60.8 Å². The van der Waals surface area contributed by atoms with Gasteiger partial charge in [0.25, 0.3) is 5.91 Å². The van der Waals surface area contributed by atoms with E-state index < -0.39 is 0 Å². The minimum atomic E-state index is -0.0501. The van der Waals surface area contributed by atoms with Crippen molar-refractivity contribution in [1.82, 2.24) is 20.4 Å². The fourth-order valence-corrected chi connectivity index (χ4v) is 3.81. The van der Waals surface area contributed by atoms with Crippen LogP contribution in [-0.4, -0.2) is 35.3 Å². The Bertz CT molecular complexity index is 941. The monoisotopic (exact) mass is 388 g/mol. The van der Waals surface area contributed by atoms with Crippen molar-refractivity contribution in [2.75, 3.05) is 19.6 Å². The molecule has 0 bridgehead atoms. The van der Waals surface area contributed by atoms with Crippen LogP contribution in [0.4, 0.5) is 0 Å². The molecule has 3 aromatic rings. The summed E-state index contributed by atoms with van der Waals surface area (Å²) < 4.78 is 1.86. The number of carbonyl (C=O) groups is 1. The molecule has 5 nitrogen and oxygen atoms in total. The Kier molecular flexibility index (Phi) is 6.06. The minimum Gasteiger partial charge on any atom is -0.352 e. The van der Waals surface area contributed by atoms with Crippen LogP contribution in [0.5, 0.6) is 0 Å². The molecule has 0 radical (unpaired) electrons. The number of carbonyl (C=O) groups excluding carboxylic acids is 1. The Balaban J connectivity index is 1.54. The van der Waals surface area contributed by atoms with Crippen LogP contribution in [0.25, 0.3) is 11.3 Å². The van der Waals surface area contributed by atoms with Gasteiger partial charge in [-0.15, -0.1) is 0 Å². The summed E-state index contributed by atoms with van der Waals surface area (Å²) >= 11 is 0. The van der Waals surface area contributed by atoms with Crippen LogP contribution < -0.4 is 10.6 Å². The summed E-state index contributed by atoms with van der Waals surface area (Å²) in [6, 6.07) is 18.4. The Morgan fingerprint density at radius 1 is 1.17 bits per heavy atom. The quantitative estimate of drug-likeness (QED) is 0.650. The lowest BCUT2D eigenvalue weighted by Gasteiger charge is -2.09. The fourth-order valence-electron chi connectivity index (χ4n) is 3.81. The smallest absolute Gasteiger partial charge is 0.255 e. The highest BCUT2D eigenvalue weighted by molar-refractivity contribution is 5.99. The molecule has 0 aliphatic carbocycles. The first-order valence-electron chi connectivity index (χ1n) is 10.4. The van der Waals surface area contributed by atoms with Gasteiger partial charge in [0, 0.05) is 18.3 Å². The van der Waals surface area contributed by atoms with Gasteiger partial charge in [-0.05, 0) is 44.3 Å². The van der Waals surface area contributed by atoms with E-state index in [4.69, 9.17) is 5.10 Å². The van der Waals surface area contributed by atoms with Crippen molar-refractivity contribution in [2.45, 2.75) is 26.3 Å². The van der Waals surface area contributed by atoms with Gasteiger partial charge in [0.1, 0.15) is 5.69 Å². The normalized spacial score (nSPS) is 16.1. The first-order chi connectivity index (χ1) is 14.2. The first-order valence-corrected chi connectivity index (χ1v) is 10.4. The molecule has 1 amide bonds. The molecule has 1 atom stereocenters. The van der Waals surface area contributed by atoms with Gasteiger partial charge in [-0.1, -0.05) is 60.2 Å². The lowest BCUT2D eigenvalue weighted by Crippen LogP contribution is -2.26. The van der Waals surface area contributed by atoms with Gasteiger partial charge in [-0.25, -0.2) is 0 Å². The standard InChI is InChI=1S/C24H28N4O/c1-18-7-9-21(10-8-18)23-22(24(29)26-14-12-19-11-13-25-15-19)17-28(27-23)16-20-5-3-2-4-6-20/h2-10,17,19,25H,11-16H2,1H3,(H,26,29). The summed E-state index contributed by atoms with van der Waals surface area (Å²) in [7, 11) is 0. The number of hydrogen-bond acceptors (Lipinski definition) is 3. The van der Waals surface area contributed by atoms with E-state index in [1.165, 1.54) is 12.0 Å². The van der Waals surface area contributed by atoms with Crippen LogP contribution in [0.1, 0.15) is 34.3 Å². The van der Waals surface area contributed by atoms with E-state index in [0.717, 1.165) is 36.3 Å². The van der Waals surface area contributed by atoms with Crippen molar-refractivity contribution in [3.05, 3.63) is 77.5 Å². The molecular weight excluding hydrogens is 360 g/mol. The van der Waals surface area contributed by atoms with Gasteiger partial charge in [-0.2, -0.15) is 5.10 Å². The SMILES string of the molecule is Cc1ccc(-c2nn(Cc3ccccc3)cc2C(=O)NCCC2CCNC2)cc1. The molecule has 4 rings (SSSR count).